The molecule has 0 unspecified atom stereocenters. The summed E-state index contributed by atoms with van der Waals surface area (Å²) in [6.45, 7) is 0. The molecule has 6 nitrogen and oxygen atoms in total. The van der Waals surface area contributed by atoms with Crippen LogP contribution in [0.3, 0.4) is 0 Å². The minimum atomic E-state index is -3.94. The van der Waals surface area contributed by atoms with Crippen LogP contribution in [-0.4, -0.2) is 0 Å². The third-order valence-electron chi connectivity index (χ3n) is 0. The van der Waals surface area contributed by atoms with Crippen LogP contribution >= 0.6 is 0 Å². The van der Waals surface area contributed by atoms with E-state index < -0.39 is 30.8 Å². The van der Waals surface area contributed by atoms with Gasteiger partial charge in [0.05, 0.1) is 0 Å². The van der Waals surface area contributed by atoms with E-state index >= 15 is 0 Å². The Labute approximate surface area is 164 Å². The fourth-order valence-corrected chi connectivity index (χ4v) is 0. The molecular weight excluding hydrogens is 369 g/mol. The molecule has 0 aromatic heterocycles. The molecule has 0 aromatic carbocycles. The predicted octanol–water partition coefficient (Wildman–Crippen LogP) is -8.85. The first-order valence-corrected chi connectivity index (χ1v) is 4.52. The van der Waals surface area contributed by atoms with Crippen molar-refractivity contribution in [3.63, 3.8) is 0 Å². The molecule has 0 rings (SSSR count). The van der Waals surface area contributed by atoms with Crippen molar-refractivity contribution in [2.75, 3.05) is 0 Å². The molecule has 0 N–H and O–H groups in total. The van der Waals surface area contributed by atoms with Crippen LogP contribution in [0.5, 0.6) is 0 Å². The van der Waals surface area contributed by atoms with Crippen LogP contribution in [-0.2, 0) is 45.5 Å². The van der Waals surface area contributed by atoms with E-state index in [-0.39, 0.29) is 116 Å². The largest absolute Gasteiger partial charge is 1.00 e. The van der Waals surface area contributed by atoms with Crippen molar-refractivity contribution in [1.29, 1.82) is 0 Å². The third-order valence-corrected chi connectivity index (χ3v) is 0. The van der Waals surface area contributed by atoms with Crippen LogP contribution in [0.25, 0.3) is 0 Å². The summed E-state index contributed by atoms with van der Waals surface area (Å²) in [6.07, 6.45) is 0. The van der Waals surface area contributed by atoms with Crippen LogP contribution in [0, 0.1) is 0 Å². The zero-order valence-electron chi connectivity index (χ0n) is 5.34. The molecule has 10 heteroatoms. The molecule has 10 heavy (non-hydrogen) atoms. The Kier molecular flexibility index (Phi) is 44.0. The van der Waals surface area contributed by atoms with E-state index in [4.69, 9.17) is 22.8 Å². The molecule has 0 bridgehead atoms. The first-order chi connectivity index (χ1) is 3.46. The van der Waals surface area contributed by atoms with Crippen molar-refractivity contribution in [1.82, 2.24) is 0 Å². The molecule has 0 saturated carbocycles. The van der Waals surface area contributed by atoms with Crippen molar-refractivity contribution < 1.29 is 170 Å². The summed E-state index contributed by atoms with van der Waals surface area (Å²) in [7, 11) is 0. The van der Waals surface area contributed by atoms with Gasteiger partial charge in [-0.3, -0.25) is 0 Å². The van der Waals surface area contributed by atoms with Crippen LogP contribution in [0.4, 0.5) is 0 Å². The molecule has 0 aliphatic carbocycles. The molecule has 0 aliphatic heterocycles. The van der Waals surface area contributed by atoms with Gasteiger partial charge in [0.2, 0.25) is 0 Å². The predicted molar refractivity (Wildman–Crippen MR) is 2.75 cm³/mol. The van der Waals surface area contributed by atoms with E-state index in [0.717, 1.165) is 0 Å². The van der Waals surface area contributed by atoms with Gasteiger partial charge in [0.25, 0.3) is 0 Å². The maximum absolute atomic E-state index is 8.56. The molecule has 0 atom stereocenters. The zero-order valence-corrected chi connectivity index (χ0v) is 18.0. The van der Waals surface area contributed by atoms with Crippen LogP contribution in [0.1, 0.15) is 0 Å². The van der Waals surface area contributed by atoms with Crippen molar-refractivity contribution in [3.8, 4) is 0 Å². The van der Waals surface area contributed by atoms with Crippen molar-refractivity contribution in [3.05, 3.63) is 0 Å². The number of hydrogen-bond acceptors (Lipinski definition) is 6. The van der Waals surface area contributed by atoms with Crippen LogP contribution < -0.4 is 124 Å². The average molecular weight is 369 g/mol. The molecule has 48 valence electrons. The average Bonchev–Trinajstić information content (AvgIpc) is 1.25. The van der Waals surface area contributed by atoms with Crippen molar-refractivity contribution in [2.45, 2.75) is 0 Å². The molecular formula is O6Rb2V2. The molecule has 0 spiro atoms. The van der Waals surface area contributed by atoms with Gasteiger partial charge in [0.15, 0.2) is 0 Å². The van der Waals surface area contributed by atoms with Crippen molar-refractivity contribution >= 4 is 0 Å². The van der Waals surface area contributed by atoms with Gasteiger partial charge in [-0.05, 0) is 0 Å². The van der Waals surface area contributed by atoms with Gasteiger partial charge in [-0.1, -0.05) is 0 Å². The van der Waals surface area contributed by atoms with Gasteiger partial charge in [0, 0.05) is 0 Å². The Morgan fingerprint density at radius 2 is 0.700 bits per heavy atom. The third kappa shape index (κ3) is 93.0. The quantitative estimate of drug-likeness (QED) is 0.419. The molecule has 0 fully saturated rings. The van der Waals surface area contributed by atoms with E-state index in [9.17, 15) is 0 Å². The molecule has 0 saturated heterocycles. The summed E-state index contributed by atoms with van der Waals surface area (Å²) in [6, 6.07) is 0. The number of rotatable bonds is 0. The normalized spacial score (nSPS) is 5.00. The second-order valence-corrected chi connectivity index (χ2v) is 1.84. The summed E-state index contributed by atoms with van der Waals surface area (Å²) >= 11 is -7.88. The van der Waals surface area contributed by atoms with E-state index in [0.29, 0.717) is 0 Å². The maximum atomic E-state index is 8.56. The molecule has 0 aromatic rings. The Morgan fingerprint density at radius 1 is 0.700 bits per heavy atom. The van der Waals surface area contributed by atoms with Gasteiger partial charge >= 0.3 is 170 Å². The standard InChI is InChI=1S/6O.2Rb.2V/q;;;;2*-1;2*+1;;. The Hall–Kier alpha value is 3.90. The minimum absolute atomic E-state index is 0. The van der Waals surface area contributed by atoms with Crippen LogP contribution in [0.15, 0.2) is 0 Å². The van der Waals surface area contributed by atoms with Gasteiger partial charge < -0.3 is 0 Å². The topological polar surface area (TPSA) is 114 Å². The SMILES string of the molecule is [O]=[V](=[O])[O-].[O]=[V](=[O])[O-].[Rb+].[Rb+]. The number of hydrogen-bond donors (Lipinski definition) is 0. The first-order valence-electron chi connectivity index (χ1n) is 1.10. The molecule has 0 aliphatic rings. The minimum Gasteiger partial charge on any atom is 1.00 e. The molecule has 0 radical (unpaired) electrons. The summed E-state index contributed by atoms with van der Waals surface area (Å²) in [5, 5.41) is 0. The Bertz CT molecular complexity index is 131. The maximum Gasteiger partial charge on any atom is 1.00 e. The molecule has 0 amide bonds. The van der Waals surface area contributed by atoms with E-state index in [2.05, 4.69) is 0 Å². The van der Waals surface area contributed by atoms with Gasteiger partial charge in [-0.25, -0.2) is 0 Å². The van der Waals surface area contributed by atoms with Gasteiger partial charge in [-0.15, -0.1) is 0 Å². The summed E-state index contributed by atoms with van der Waals surface area (Å²) < 4.78 is 51.4. The van der Waals surface area contributed by atoms with Crippen LogP contribution in [0.2, 0.25) is 0 Å². The second kappa shape index (κ2) is 18.6. The first kappa shape index (κ1) is 23.6. The summed E-state index contributed by atoms with van der Waals surface area (Å²) in [5.74, 6) is 0. The van der Waals surface area contributed by atoms with Gasteiger partial charge in [-0.2, -0.15) is 0 Å². The monoisotopic (exact) mass is 368 g/mol. The second-order valence-electron chi connectivity index (χ2n) is 0.447. The zero-order chi connectivity index (χ0) is 7.15. The fraction of sp³-hybridized carbons (Fsp3) is 0. The Balaban J connectivity index is -0.0000000300. The Morgan fingerprint density at radius 3 is 0.700 bits per heavy atom. The smallest absolute Gasteiger partial charge is 1.00 e. The van der Waals surface area contributed by atoms with E-state index in [1.165, 1.54) is 0 Å². The fourth-order valence-electron chi connectivity index (χ4n) is 0. The van der Waals surface area contributed by atoms with Crippen molar-refractivity contribution in [2.24, 2.45) is 0 Å². The van der Waals surface area contributed by atoms with E-state index in [1.807, 2.05) is 0 Å². The van der Waals surface area contributed by atoms with Gasteiger partial charge in [0.1, 0.15) is 0 Å². The molecule has 0 heterocycles. The summed E-state index contributed by atoms with van der Waals surface area (Å²) in [5.41, 5.74) is 0. The summed E-state index contributed by atoms with van der Waals surface area (Å²) in [4.78, 5) is 0. The van der Waals surface area contributed by atoms with E-state index in [1.54, 1.807) is 0 Å².